The number of ether oxygens (including phenoxy) is 2. The number of thioether (sulfide) groups is 2. The zero-order chi connectivity index (χ0) is 19.2. The Kier molecular flexibility index (Phi) is 6.84. The lowest BCUT2D eigenvalue weighted by atomic mass is 10.1. The Balaban J connectivity index is 1.73. The normalized spacial score (nSPS) is 14.8. The molecule has 2 aromatic rings. The molecule has 1 aliphatic rings. The Hall–Kier alpha value is -1.93. The highest BCUT2D eigenvalue weighted by molar-refractivity contribution is 8.16. The van der Waals surface area contributed by atoms with Crippen LogP contribution in [0.5, 0.6) is 11.5 Å². The summed E-state index contributed by atoms with van der Waals surface area (Å²) in [6, 6.07) is 11.9. The summed E-state index contributed by atoms with van der Waals surface area (Å²) in [7, 11) is 1.33. The number of hydrogen-bond acceptors (Lipinski definition) is 5. The van der Waals surface area contributed by atoms with E-state index in [1.807, 2.05) is 41.7 Å². The fourth-order valence-corrected chi connectivity index (χ4v) is 5.52. The largest absolute Gasteiger partial charge is 0.493 e. The molecule has 144 valence electrons. The minimum absolute atomic E-state index is 0.0757. The lowest BCUT2D eigenvalue weighted by molar-refractivity contribution is -0.0512. The van der Waals surface area contributed by atoms with Crippen LogP contribution in [0, 0.1) is 0 Å². The van der Waals surface area contributed by atoms with E-state index in [2.05, 4.69) is 16.1 Å². The van der Waals surface area contributed by atoms with Gasteiger partial charge in [-0.05, 0) is 53.8 Å². The van der Waals surface area contributed by atoms with E-state index in [9.17, 15) is 13.6 Å². The number of rotatable bonds is 6. The summed E-state index contributed by atoms with van der Waals surface area (Å²) in [4.78, 5) is 12.5. The number of amides is 1. The smallest absolute Gasteiger partial charge is 0.387 e. The number of carbonyl (C=O) groups is 1. The molecule has 0 radical (unpaired) electrons. The number of anilines is 1. The van der Waals surface area contributed by atoms with Crippen LogP contribution in [0.2, 0.25) is 0 Å². The zero-order valence-electron chi connectivity index (χ0n) is 14.6. The highest BCUT2D eigenvalue weighted by atomic mass is 32.2. The van der Waals surface area contributed by atoms with E-state index in [0.29, 0.717) is 15.8 Å². The van der Waals surface area contributed by atoms with Crippen LogP contribution in [0.25, 0.3) is 0 Å². The van der Waals surface area contributed by atoms with Crippen LogP contribution in [0.4, 0.5) is 14.5 Å². The summed E-state index contributed by atoms with van der Waals surface area (Å²) in [5.41, 5.74) is 2.15. The highest BCUT2D eigenvalue weighted by Gasteiger charge is 2.18. The van der Waals surface area contributed by atoms with Crippen molar-refractivity contribution in [2.45, 2.75) is 17.6 Å². The van der Waals surface area contributed by atoms with Crippen molar-refractivity contribution in [3.05, 3.63) is 53.6 Å². The van der Waals surface area contributed by atoms with Crippen molar-refractivity contribution in [3.63, 3.8) is 0 Å². The molecule has 3 rings (SSSR count). The minimum atomic E-state index is -2.96. The minimum Gasteiger partial charge on any atom is -0.493 e. The second-order valence-electron chi connectivity index (χ2n) is 5.75. The Morgan fingerprint density at radius 1 is 1.15 bits per heavy atom. The van der Waals surface area contributed by atoms with Crippen molar-refractivity contribution in [2.24, 2.45) is 0 Å². The van der Waals surface area contributed by atoms with Crippen molar-refractivity contribution < 1.29 is 23.0 Å². The number of alkyl halides is 2. The standard InChI is InChI=1S/C19H19F2NO3S2/c1-24-16-11-12(6-7-15(16)25-19(20)21)17(23)22-14-5-2-4-13(10-14)18-26-8-3-9-27-18/h2,4-7,10-11,18-19H,3,8-9H2,1H3,(H,22,23). The van der Waals surface area contributed by atoms with Gasteiger partial charge in [0.2, 0.25) is 0 Å². The van der Waals surface area contributed by atoms with Gasteiger partial charge in [-0.25, -0.2) is 0 Å². The van der Waals surface area contributed by atoms with Crippen LogP contribution in [0.3, 0.4) is 0 Å². The molecule has 1 N–H and O–H groups in total. The average molecular weight is 411 g/mol. The summed E-state index contributed by atoms with van der Waals surface area (Å²) < 4.78 is 34.6. The molecule has 2 aromatic carbocycles. The van der Waals surface area contributed by atoms with Gasteiger partial charge in [0.15, 0.2) is 11.5 Å². The predicted octanol–water partition coefficient (Wildman–Crippen LogP) is 5.42. The van der Waals surface area contributed by atoms with Gasteiger partial charge in [0.25, 0.3) is 5.91 Å². The maximum Gasteiger partial charge on any atom is 0.387 e. The topological polar surface area (TPSA) is 47.6 Å². The first kappa shape index (κ1) is 19.8. The number of nitrogens with one attached hydrogen (secondary N) is 1. The molecule has 0 aliphatic carbocycles. The lowest BCUT2D eigenvalue weighted by Crippen LogP contribution is -2.13. The summed E-state index contributed by atoms with van der Waals surface area (Å²) in [5.74, 6) is 1.89. The van der Waals surface area contributed by atoms with Gasteiger partial charge in [-0.1, -0.05) is 12.1 Å². The van der Waals surface area contributed by atoms with E-state index in [4.69, 9.17) is 4.74 Å². The number of carbonyl (C=O) groups excluding carboxylic acids is 1. The fraction of sp³-hybridized carbons (Fsp3) is 0.316. The molecule has 1 amide bonds. The van der Waals surface area contributed by atoms with Gasteiger partial charge in [-0.15, -0.1) is 23.5 Å². The monoisotopic (exact) mass is 411 g/mol. The van der Waals surface area contributed by atoms with Gasteiger partial charge in [-0.3, -0.25) is 4.79 Å². The third kappa shape index (κ3) is 5.29. The maximum absolute atomic E-state index is 12.5. The molecular weight excluding hydrogens is 392 g/mol. The van der Waals surface area contributed by atoms with E-state index in [1.165, 1.54) is 37.3 Å². The Bertz CT molecular complexity index is 798. The van der Waals surface area contributed by atoms with E-state index >= 15 is 0 Å². The van der Waals surface area contributed by atoms with Crippen LogP contribution < -0.4 is 14.8 Å². The molecule has 0 spiro atoms. The Morgan fingerprint density at radius 3 is 2.63 bits per heavy atom. The predicted molar refractivity (Wildman–Crippen MR) is 106 cm³/mol. The van der Waals surface area contributed by atoms with Gasteiger partial charge in [0.05, 0.1) is 11.7 Å². The van der Waals surface area contributed by atoms with E-state index in [0.717, 1.165) is 11.5 Å². The van der Waals surface area contributed by atoms with Crippen molar-refractivity contribution >= 4 is 35.1 Å². The van der Waals surface area contributed by atoms with Gasteiger partial charge >= 0.3 is 6.61 Å². The first-order chi connectivity index (χ1) is 13.1. The molecule has 1 heterocycles. The molecule has 1 saturated heterocycles. The van der Waals surface area contributed by atoms with Crippen molar-refractivity contribution in [1.29, 1.82) is 0 Å². The van der Waals surface area contributed by atoms with Crippen molar-refractivity contribution in [1.82, 2.24) is 0 Å². The van der Waals surface area contributed by atoms with Crippen molar-refractivity contribution in [2.75, 3.05) is 23.9 Å². The molecule has 0 atom stereocenters. The highest BCUT2D eigenvalue weighted by Crippen LogP contribution is 2.44. The molecule has 4 nitrogen and oxygen atoms in total. The molecule has 0 unspecified atom stereocenters. The molecule has 1 fully saturated rings. The van der Waals surface area contributed by atoms with Crippen LogP contribution in [-0.2, 0) is 0 Å². The molecule has 0 bridgehead atoms. The first-order valence-corrected chi connectivity index (χ1v) is 10.4. The van der Waals surface area contributed by atoms with Crippen LogP contribution in [0.15, 0.2) is 42.5 Å². The number of benzene rings is 2. The van der Waals surface area contributed by atoms with Crippen LogP contribution in [0.1, 0.15) is 26.9 Å². The van der Waals surface area contributed by atoms with Crippen molar-refractivity contribution in [3.8, 4) is 11.5 Å². The fourth-order valence-electron chi connectivity index (χ4n) is 2.65. The second kappa shape index (κ2) is 9.32. The lowest BCUT2D eigenvalue weighted by Gasteiger charge is -2.21. The zero-order valence-corrected chi connectivity index (χ0v) is 16.2. The number of methoxy groups -OCH3 is 1. The van der Waals surface area contributed by atoms with Crippen LogP contribution in [-0.4, -0.2) is 31.1 Å². The molecule has 0 saturated carbocycles. The summed E-state index contributed by atoms with van der Waals surface area (Å²) in [5, 5.41) is 2.85. The average Bonchev–Trinajstić information content (AvgIpc) is 2.68. The second-order valence-corrected chi connectivity index (χ2v) is 8.48. The van der Waals surface area contributed by atoms with Crippen LogP contribution >= 0.6 is 23.5 Å². The summed E-state index contributed by atoms with van der Waals surface area (Å²) >= 11 is 3.82. The summed E-state index contributed by atoms with van der Waals surface area (Å²) in [6.07, 6.45) is 1.22. The maximum atomic E-state index is 12.5. The molecule has 8 heteroatoms. The first-order valence-electron chi connectivity index (χ1n) is 8.34. The van der Waals surface area contributed by atoms with E-state index < -0.39 is 6.61 Å². The quantitative estimate of drug-likeness (QED) is 0.688. The summed E-state index contributed by atoms with van der Waals surface area (Å²) in [6.45, 7) is -2.96. The SMILES string of the molecule is COc1cc(C(=O)Nc2cccc(C3SCCCS3)c2)ccc1OC(F)F. The number of hydrogen-bond donors (Lipinski definition) is 1. The third-order valence-corrected chi connectivity index (χ3v) is 6.90. The van der Waals surface area contributed by atoms with Gasteiger partial charge in [0, 0.05) is 11.3 Å². The number of halogens is 2. The Morgan fingerprint density at radius 2 is 1.93 bits per heavy atom. The molecule has 0 aromatic heterocycles. The third-order valence-electron chi connectivity index (χ3n) is 3.89. The van der Waals surface area contributed by atoms with Gasteiger partial charge in [0.1, 0.15) is 0 Å². The van der Waals surface area contributed by atoms with E-state index in [1.54, 1.807) is 0 Å². The van der Waals surface area contributed by atoms with E-state index in [-0.39, 0.29) is 17.4 Å². The molecule has 1 aliphatic heterocycles. The molecule has 27 heavy (non-hydrogen) atoms. The van der Waals surface area contributed by atoms with Gasteiger partial charge < -0.3 is 14.8 Å². The molecular formula is C19H19F2NO3S2. The van der Waals surface area contributed by atoms with Gasteiger partial charge in [-0.2, -0.15) is 8.78 Å². The Labute approximate surface area is 165 Å².